The number of aliphatic hydroxyl groups is 1. The molecule has 0 bridgehead atoms. The Hall–Kier alpha value is -0.950. The smallest absolute Gasteiger partial charge is 0.238 e. The largest absolute Gasteiger partial charge is 0.392 e. The van der Waals surface area contributed by atoms with Gasteiger partial charge in [-0.05, 0) is 43.4 Å². The van der Waals surface area contributed by atoms with Gasteiger partial charge in [0.2, 0.25) is 10.0 Å². The van der Waals surface area contributed by atoms with E-state index in [1.807, 2.05) is 20.8 Å². The van der Waals surface area contributed by atoms with E-state index in [4.69, 9.17) is 5.14 Å². The number of nitrogens with one attached hydrogen (secondary N) is 1. The molecule has 4 N–H and O–H groups in total. The van der Waals surface area contributed by atoms with Gasteiger partial charge in [-0.25, -0.2) is 13.6 Å². The van der Waals surface area contributed by atoms with Crippen molar-refractivity contribution in [2.75, 3.05) is 6.54 Å². The van der Waals surface area contributed by atoms with Crippen molar-refractivity contribution in [2.24, 2.45) is 16.5 Å². The lowest BCUT2D eigenvalue weighted by molar-refractivity contribution is 0.0491. The van der Waals surface area contributed by atoms with Gasteiger partial charge < -0.3 is 10.4 Å². The third kappa shape index (κ3) is 3.87. The molecule has 1 aromatic rings. The minimum absolute atomic E-state index is 0.00294. The van der Waals surface area contributed by atoms with Gasteiger partial charge in [-0.2, -0.15) is 0 Å². The van der Waals surface area contributed by atoms with E-state index >= 15 is 0 Å². The molecule has 1 fully saturated rings. The van der Waals surface area contributed by atoms with Gasteiger partial charge in [0.15, 0.2) is 0 Å². The maximum absolute atomic E-state index is 11.3. The van der Waals surface area contributed by atoms with Crippen molar-refractivity contribution in [1.29, 1.82) is 0 Å². The Labute approximate surface area is 133 Å². The molecule has 1 aliphatic rings. The molecule has 5 nitrogen and oxygen atoms in total. The normalized spacial score (nSPS) is 19.9. The van der Waals surface area contributed by atoms with E-state index in [1.165, 1.54) is 12.1 Å². The maximum Gasteiger partial charge on any atom is 0.238 e. The van der Waals surface area contributed by atoms with E-state index in [2.05, 4.69) is 5.32 Å². The number of hydrogen-bond donors (Lipinski definition) is 3. The Bertz CT molecular complexity index is 607. The Morgan fingerprint density at radius 1 is 1.23 bits per heavy atom. The first kappa shape index (κ1) is 17.4. The summed E-state index contributed by atoms with van der Waals surface area (Å²) in [5.74, 6) is 0.258. The number of primary sulfonamides is 1. The maximum atomic E-state index is 11.3. The molecule has 2 atom stereocenters. The highest BCUT2D eigenvalue weighted by Crippen LogP contribution is 2.50. The van der Waals surface area contributed by atoms with Gasteiger partial charge in [0, 0.05) is 18.0 Å². The molecule has 1 saturated carbocycles. The molecule has 0 saturated heterocycles. The van der Waals surface area contributed by atoms with Crippen LogP contribution in [-0.2, 0) is 10.0 Å². The quantitative estimate of drug-likeness (QED) is 0.712. The van der Waals surface area contributed by atoms with Gasteiger partial charge in [-0.1, -0.05) is 26.0 Å². The summed E-state index contributed by atoms with van der Waals surface area (Å²) in [5.41, 5.74) is 1.01. The van der Waals surface area contributed by atoms with Crippen LogP contribution in [0.1, 0.15) is 45.2 Å². The first-order chi connectivity index (χ1) is 10.2. The van der Waals surface area contributed by atoms with Crippen LogP contribution in [0.2, 0.25) is 0 Å². The summed E-state index contributed by atoms with van der Waals surface area (Å²) in [7, 11) is -3.65. The van der Waals surface area contributed by atoms with Crippen LogP contribution in [0.15, 0.2) is 29.2 Å². The van der Waals surface area contributed by atoms with Crippen LogP contribution in [0.3, 0.4) is 0 Å². The van der Waals surface area contributed by atoms with Crippen LogP contribution in [0, 0.1) is 11.3 Å². The average Bonchev–Trinajstić information content (AvgIpc) is 3.24. The summed E-state index contributed by atoms with van der Waals surface area (Å²) in [6.45, 7) is 6.88. The second-order valence-electron chi connectivity index (χ2n) is 6.77. The van der Waals surface area contributed by atoms with Gasteiger partial charge in [0.1, 0.15) is 0 Å². The van der Waals surface area contributed by atoms with Crippen LogP contribution in [0.4, 0.5) is 0 Å². The fourth-order valence-corrected chi connectivity index (χ4v) is 3.38. The standard InChI is InChI=1S/C16H26N2O3S/c1-11(2)15(19)16(8-9-16)10-18-12(3)13-4-6-14(7-5-13)22(17,20)21/h4-7,11-12,15,18-19H,8-10H2,1-3H3,(H2,17,20,21)/t12-,15+/m0/s1. The fraction of sp³-hybridized carbons (Fsp3) is 0.625. The molecule has 0 unspecified atom stereocenters. The van der Waals surface area contributed by atoms with E-state index in [-0.39, 0.29) is 28.4 Å². The van der Waals surface area contributed by atoms with Gasteiger partial charge >= 0.3 is 0 Å². The molecule has 0 heterocycles. The summed E-state index contributed by atoms with van der Waals surface area (Å²) in [4.78, 5) is 0.123. The van der Waals surface area contributed by atoms with E-state index in [9.17, 15) is 13.5 Å². The number of aliphatic hydroxyl groups excluding tert-OH is 1. The van der Waals surface area contributed by atoms with E-state index in [1.54, 1.807) is 12.1 Å². The molecular weight excluding hydrogens is 300 g/mol. The first-order valence-corrected chi connectivity index (χ1v) is 9.24. The molecule has 0 amide bonds. The van der Waals surface area contributed by atoms with Crippen molar-refractivity contribution in [3.63, 3.8) is 0 Å². The Morgan fingerprint density at radius 3 is 2.18 bits per heavy atom. The van der Waals surface area contributed by atoms with Gasteiger partial charge in [-0.3, -0.25) is 0 Å². The average molecular weight is 326 g/mol. The lowest BCUT2D eigenvalue weighted by atomic mass is 9.90. The summed E-state index contributed by atoms with van der Waals surface area (Å²) in [5, 5.41) is 18.9. The van der Waals surface area contributed by atoms with Crippen LogP contribution in [0.25, 0.3) is 0 Å². The van der Waals surface area contributed by atoms with E-state index in [0.29, 0.717) is 0 Å². The zero-order chi connectivity index (χ0) is 16.5. The van der Waals surface area contributed by atoms with Crippen molar-refractivity contribution in [3.05, 3.63) is 29.8 Å². The molecular formula is C16H26N2O3S. The molecule has 0 radical (unpaired) electrons. The minimum Gasteiger partial charge on any atom is -0.392 e. The lowest BCUT2D eigenvalue weighted by Gasteiger charge is -2.27. The molecule has 1 aliphatic carbocycles. The van der Waals surface area contributed by atoms with Crippen LogP contribution < -0.4 is 10.5 Å². The molecule has 1 aromatic carbocycles. The SMILES string of the molecule is CC(C)[C@@H](O)C1(CN[C@@H](C)c2ccc(S(N)(=O)=O)cc2)CC1. The van der Waals surface area contributed by atoms with E-state index < -0.39 is 10.0 Å². The highest BCUT2D eigenvalue weighted by atomic mass is 32.2. The zero-order valence-electron chi connectivity index (χ0n) is 13.4. The van der Waals surface area contributed by atoms with Gasteiger partial charge in [-0.15, -0.1) is 0 Å². The Morgan fingerprint density at radius 2 is 1.77 bits per heavy atom. The number of sulfonamides is 1. The summed E-state index contributed by atoms with van der Waals surface area (Å²) in [6.07, 6.45) is 1.82. The fourth-order valence-electron chi connectivity index (χ4n) is 2.87. The topological polar surface area (TPSA) is 92.4 Å². The van der Waals surface area contributed by atoms with Gasteiger partial charge in [0.05, 0.1) is 11.0 Å². The molecule has 22 heavy (non-hydrogen) atoms. The first-order valence-electron chi connectivity index (χ1n) is 7.70. The van der Waals surface area contributed by atoms with Crippen molar-refractivity contribution >= 4 is 10.0 Å². The Kier molecular flexibility index (Phi) is 4.96. The molecule has 0 aliphatic heterocycles. The molecule has 6 heteroatoms. The van der Waals surface area contributed by atoms with Crippen LogP contribution in [0.5, 0.6) is 0 Å². The third-order valence-electron chi connectivity index (χ3n) is 4.62. The second-order valence-corrected chi connectivity index (χ2v) is 8.33. The predicted octanol–water partition coefficient (Wildman–Crippen LogP) is 1.78. The monoisotopic (exact) mass is 326 g/mol. The Balaban J connectivity index is 1.97. The molecule has 124 valence electrons. The predicted molar refractivity (Wildman–Crippen MR) is 86.7 cm³/mol. The number of benzene rings is 1. The third-order valence-corrected chi connectivity index (χ3v) is 5.55. The van der Waals surface area contributed by atoms with Gasteiger partial charge in [0.25, 0.3) is 0 Å². The van der Waals surface area contributed by atoms with Crippen molar-refractivity contribution < 1.29 is 13.5 Å². The van der Waals surface area contributed by atoms with Crippen LogP contribution in [-0.4, -0.2) is 26.2 Å². The lowest BCUT2D eigenvalue weighted by Crippen LogP contribution is -2.37. The van der Waals surface area contributed by atoms with E-state index in [0.717, 1.165) is 24.9 Å². The molecule has 0 spiro atoms. The minimum atomic E-state index is -3.65. The van der Waals surface area contributed by atoms with Crippen molar-refractivity contribution in [2.45, 2.75) is 50.7 Å². The summed E-state index contributed by atoms with van der Waals surface area (Å²) >= 11 is 0. The highest BCUT2D eigenvalue weighted by Gasteiger charge is 2.49. The zero-order valence-corrected chi connectivity index (χ0v) is 14.2. The van der Waals surface area contributed by atoms with Crippen molar-refractivity contribution in [3.8, 4) is 0 Å². The summed E-state index contributed by atoms with van der Waals surface area (Å²) in [6, 6.07) is 6.69. The number of rotatable bonds is 7. The molecule has 0 aromatic heterocycles. The highest BCUT2D eigenvalue weighted by molar-refractivity contribution is 7.89. The summed E-state index contributed by atoms with van der Waals surface area (Å²) < 4.78 is 22.5. The molecule has 2 rings (SSSR count). The van der Waals surface area contributed by atoms with Crippen LogP contribution >= 0.6 is 0 Å². The van der Waals surface area contributed by atoms with Crippen molar-refractivity contribution in [1.82, 2.24) is 5.32 Å². The second kappa shape index (κ2) is 6.28. The number of nitrogens with two attached hydrogens (primary N) is 1. The number of hydrogen-bond acceptors (Lipinski definition) is 4.